The molecule has 4 heteroatoms. The summed E-state index contributed by atoms with van der Waals surface area (Å²) in [6, 6.07) is 1.81. The van der Waals surface area contributed by atoms with Crippen LogP contribution < -0.4 is 0 Å². The summed E-state index contributed by atoms with van der Waals surface area (Å²) >= 11 is 0. The number of hydrogen-bond acceptors (Lipinski definition) is 3. The van der Waals surface area contributed by atoms with Crippen molar-refractivity contribution in [3.63, 3.8) is 0 Å². The van der Waals surface area contributed by atoms with Gasteiger partial charge in [-0.2, -0.15) is 0 Å². The summed E-state index contributed by atoms with van der Waals surface area (Å²) in [5.74, 6) is 0. The van der Waals surface area contributed by atoms with Crippen molar-refractivity contribution in [3.8, 4) is 0 Å². The molecule has 0 radical (unpaired) electrons. The maximum Gasteiger partial charge on any atom is 0.427 e. The van der Waals surface area contributed by atoms with Crippen LogP contribution in [0.1, 0.15) is 32.6 Å². The molecule has 0 N–H and O–H groups in total. The van der Waals surface area contributed by atoms with Crippen LogP contribution >= 0.6 is 0 Å². The van der Waals surface area contributed by atoms with Crippen LogP contribution in [0.5, 0.6) is 0 Å². The normalized spacial score (nSPS) is 39.4. The van der Waals surface area contributed by atoms with Gasteiger partial charge in [-0.05, 0) is 25.8 Å². The molecule has 0 aromatic carbocycles. The molecule has 0 saturated carbocycles. The molecule has 2 aliphatic rings. The first-order valence-corrected chi connectivity index (χ1v) is 7.75. The van der Waals surface area contributed by atoms with E-state index in [1.807, 2.05) is 7.11 Å². The van der Waals surface area contributed by atoms with Gasteiger partial charge >= 0.3 is 8.72 Å². The lowest BCUT2D eigenvalue weighted by molar-refractivity contribution is 0.0454. The highest BCUT2D eigenvalue weighted by Crippen LogP contribution is 2.32. The number of fused-ring (bicyclic) bond motifs is 1. The van der Waals surface area contributed by atoms with E-state index in [-0.39, 0.29) is 0 Å². The van der Waals surface area contributed by atoms with Crippen LogP contribution in [0.15, 0.2) is 0 Å². The largest absolute Gasteiger partial charge is 0.427 e. The average molecular weight is 215 g/mol. The first-order chi connectivity index (χ1) is 6.82. The number of rotatable bonds is 2. The molecule has 2 atom stereocenters. The average Bonchev–Trinajstić information content (AvgIpc) is 2.28. The van der Waals surface area contributed by atoms with Gasteiger partial charge in [-0.1, -0.05) is 13.3 Å². The molecule has 2 rings (SSSR count). The fourth-order valence-electron chi connectivity index (χ4n) is 2.81. The Morgan fingerprint density at radius 2 is 2.29 bits per heavy atom. The minimum atomic E-state index is -1.96. The van der Waals surface area contributed by atoms with E-state index >= 15 is 0 Å². The van der Waals surface area contributed by atoms with Crippen LogP contribution in [0.3, 0.4) is 0 Å². The topological polar surface area (TPSA) is 21.7 Å². The third kappa shape index (κ3) is 1.64. The molecular formula is C10H21NO2Si. The van der Waals surface area contributed by atoms with Gasteiger partial charge in [0.1, 0.15) is 0 Å². The highest BCUT2D eigenvalue weighted by atomic mass is 28.4. The van der Waals surface area contributed by atoms with Crippen LogP contribution in [0, 0.1) is 0 Å². The van der Waals surface area contributed by atoms with Gasteiger partial charge in [0, 0.05) is 25.8 Å². The fourth-order valence-corrected chi connectivity index (χ4v) is 5.98. The maximum atomic E-state index is 5.98. The standard InChI is InChI=1S/C10H21NO2Si/c1-3-14(12-2)11-8-5-4-6-10(11)7-9-13-14/h10H,3-9H2,1-2H3. The molecule has 14 heavy (non-hydrogen) atoms. The van der Waals surface area contributed by atoms with Crippen molar-refractivity contribution in [1.82, 2.24) is 4.57 Å². The number of hydrogen-bond donors (Lipinski definition) is 0. The molecule has 2 fully saturated rings. The lowest BCUT2D eigenvalue weighted by Gasteiger charge is -2.49. The maximum absolute atomic E-state index is 5.98. The zero-order valence-corrected chi connectivity index (χ0v) is 10.3. The van der Waals surface area contributed by atoms with Gasteiger partial charge in [0.2, 0.25) is 0 Å². The van der Waals surface area contributed by atoms with Crippen molar-refractivity contribution in [1.29, 1.82) is 0 Å². The monoisotopic (exact) mass is 215 g/mol. The molecule has 2 heterocycles. The van der Waals surface area contributed by atoms with Gasteiger partial charge < -0.3 is 8.85 Å². The molecule has 82 valence electrons. The van der Waals surface area contributed by atoms with E-state index in [0.29, 0.717) is 0 Å². The Bertz CT molecular complexity index is 195. The molecule has 0 aliphatic carbocycles. The van der Waals surface area contributed by atoms with E-state index in [2.05, 4.69) is 11.5 Å². The summed E-state index contributed by atoms with van der Waals surface area (Å²) in [6.07, 6.45) is 5.26. The van der Waals surface area contributed by atoms with Gasteiger partial charge in [-0.3, -0.25) is 4.57 Å². The van der Waals surface area contributed by atoms with Crippen molar-refractivity contribution >= 4 is 8.72 Å². The molecule has 2 unspecified atom stereocenters. The number of nitrogens with zero attached hydrogens (tertiary/aromatic N) is 1. The Labute approximate surface area is 87.7 Å². The van der Waals surface area contributed by atoms with Crippen molar-refractivity contribution in [2.24, 2.45) is 0 Å². The SMILES string of the molecule is CC[Si]1(OC)OCCC2CCCCN21. The second-order valence-electron chi connectivity index (χ2n) is 4.25. The van der Waals surface area contributed by atoms with Gasteiger partial charge in [-0.25, -0.2) is 0 Å². The number of piperidine rings is 1. The third-order valence-corrected chi connectivity index (χ3v) is 7.26. The molecule has 2 saturated heterocycles. The second kappa shape index (κ2) is 4.31. The Morgan fingerprint density at radius 3 is 3.00 bits per heavy atom. The Hall–Kier alpha value is 0.0969. The quantitative estimate of drug-likeness (QED) is 0.656. The van der Waals surface area contributed by atoms with Gasteiger partial charge in [0.15, 0.2) is 0 Å². The molecule has 0 bridgehead atoms. The van der Waals surface area contributed by atoms with Crippen LogP contribution in [-0.2, 0) is 8.85 Å². The minimum Gasteiger partial charge on any atom is -0.386 e. The van der Waals surface area contributed by atoms with Crippen molar-refractivity contribution < 1.29 is 8.85 Å². The molecule has 2 aliphatic heterocycles. The van der Waals surface area contributed by atoms with E-state index in [0.717, 1.165) is 18.7 Å². The smallest absolute Gasteiger partial charge is 0.386 e. The van der Waals surface area contributed by atoms with Gasteiger partial charge in [-0.15, -0.1) is 0 Å². The fraction of sp³-hybridized carbons (Fsp3) is 1.00. The predicted octanol–water partition coefficient (Wildman–Crippen LogP) is 1.87. The Kier molecular flexibility index (Phi) is 3.26. The van der Waals surface area contributed by atoms with E-state index in [1.165, 1.54) is 32.2 Å². The van der Waals surface area contributed by atoms with Crippen LogP contribution in [0.2, 0.25) is 6.04 Å². The zero-order chi connectivity index (χ0) is 10.0. The minimum absolute atomic E-state index is 0.754. The molecule has 0 aromatic rings. The van der Waals surface area contributed by atoms with Crippen LogP contribution in [-0.4, -0.2) is 39.6 Å². The first kappa shape index (κ1) is 10.6. The molecule has 3 nitrogen and oxygen atoms in total. The molecule has 0 aromatic heterocycles. The third-order valence-electron chi connectivity index (χ3n) is 3.61. The van der Waals surface area contributed by atoms with Crippen LogP contribution in [0.25, 0.3) is 0 Å². The van der Waals surface area contributed by atoms with E-state index in [1.54, 1.807) is 0 Å². The highest BCUT2D eigenvalue weighted by Gasteiger charge is 2.49. The van der Waals surface area contributed by atoms with Gasteiger partial charge in [0.25, 0.3) is 0 Å². The molecule has 0 spiro atoms. The van der Waals surface area contributed by atoms with E-state index in [9.17, 15) is 0 Å². The molecule has 0 amide bonds. The Morgan fingerprint density at radius 1 is 1.43 bits per heavy atom. The van der Waals surface area contributed by atoms with Crippen molar-refractivity contribution in [3.05, 3.63) is 0 Å². The summed E-state index contributed by atoms with van der Waals surface area (Å²) in [5.41, 5.74) is 0. The lowest BCUT2D eigenvalue weighted by atomic mass is 10.0. The second-order valence-corrected chi connectivity index (χ2v) is 7.65. The Balaban J connectivity index is 2.14. The molecular weight excluding hydrogens is 194 g/mol. The summed E-state index contributed by atoms with van der Waals surface area (Å²) < 4.78 is 14.3. The summed E-state index contributed by atoms with van der Waals surface area (Å²) in [4.78, 5) is 0. The van der Waals surface area contributed by atoms with Crippen molar-refractivity contribution in [2.75, 3.05) is 20.3 Å². The first-order valence-electron chi connectivity index (χ1n) is 5.78. The van der Waals surface area contributed by atoms with Crippen LogP contribution in [0.4, 0.5) is 0 Å². The summed E-state index contributed by atoms with van der Waals surface area (Å²) in [5, 5.41) is 0. The lowest BCUT2D eigenvalue weighted by Crippen LogP contribution is -2.65. The van der Waals surface area contributed by atoms with E-state index < -0.39 is 8.72 Å². The van der Waals surface area contributed by atoms with Crippen molar-refractivity contribution in [2.45, 2.75) is 44.7 Å². The summed E-state index contributed by atoms with van der Waals surface area (Å²) in [6.45, 7) is 4.31. The zero-order valence-electron chi connectivity index (χ0n) is 9.29. The van der Waals surface area contributed by atoms with Gasteiger partial charge in [0.05, 0.1) is 0 Å². The highest BCUT2D eigenvalue weighted by molar-refractivity contribution is 6.64. The summed E-state index contributed by atoms with van der Waals surface area (Å²) in [7, 11) is -0.133. The predicted molar refractivity (Wildman–Crippen MR) is 58.2 cm³/mol. The van der Waals surface area contributed by atoms with E-state index in [4.69, 9.17) is 8.85 Å².